The Balaban J connectivity index is 2.47. The Morgan fingerprint density at radius 3 is 2.41 bits per heavy atom. The van der Waals surface area contributed by atoms with Gasteiger partial charge in [-0.2, -0.15) is 0 Å². The van der Waals surface area contributed by atoms with Crippen molar-refractivity contribution >= 4 is 44.1 Å². The van der Waals surface area contributed by atoms with Gasteiger partial charge in [0.1, 0.15) is 10.6 Å². The minimum atomic E-state index is -0.460. The van der Waals surface area contributed by atoms with Crippen LogP contribution in [0.15, 0.2) is 34.1 Å². The Morgan fingerprint density at radius 2 is 1.86 bits per heavy atom. The van der Waals surface area contributed by atoms with Crippen molar-refractivity contribution in [3.8, 4) is 11.1 Å². The lowest BCUT2D eigenvalue weighted by atomic mass is 10.0. The molecule has 1 aromatic heterocycles. The van der Waals surface area contributed by atoms with Gasteiger partial charge in [-0.25, -0.2) is 4.79 Å². The summed E-state index contributed by atoms with van der Waals surface area (Å²) in [5.74, 6) is -0.753. The van der Waals surface area contributed by atoms with E-state index in [4.69, 9.17) is 4.74 Å². The van der Waals surface area contributed by atoms with Gasteiger partial charge in [-0.15, -0.1) is 11.3 Å². The number of rotatable bonds is 4. The molecule has 4 nitrogen and oxygen atoms in total. The summed E-state index contributed by atoms with van der Waals surface area (Å²) in [6, 6.07) is 7.63. The van der Waals surface area contributed by atoms with Crippen LogP contribution in [0.5, 0.6) is 0 Å². The van der Waals surface area contributed by atoms with Crippen LogP contribution >= 0.6 is 27.3 Å². The maximum atomic E-state index is 12.1. The Hall–Kier alpha value is -1.66. The Kier molecular flexibility index (Phi) is 5.37. The minimum absolute atomic E-state index is 0.130. The van der Waals surface area contributed by atoms with E-state index in [0.29, 0.717) is 10.6 Å². The van der Waals surface area contributed by atoms with Gasteiger partial charge in [-0.1, -0.05) is 41.9 Å². The van der Waals surface area contributed by atoms with E-state index in [2.05, 4.69) is 21.2 Å². The van der Waals surface area contributed by atoms with Gasteiger partial charge in [0, 0.05) is 21.3 Å². The maximum absolute atomic E-state index is 12.1. The first-order valence-electron chi connectivity index (χ1n) is 6.70. The number of benzene rings is 1. The number of thiophene rings is 1. The zero-order valence-corrected chi connectivity index (χ0v) is 14.9. The number of esters is 1. The molecule has 1 heterocycles. The summed E-state index contributed by atoms with van der Waals surface area (Å²) in [7, 11) is 1.33. The van der Waals surface area contributed by atoms with Crippen molar-refractivity contribution in [2.75, 3.05) is 12.4 Å². The van der Waals surface area contributed by atoms with Crippen molar-refractivity contribution < 1.29 is 14.3 Å². The van der Waals surface area contributed by atoms with E-state index in [-0.39, 0.29) is 11.8 Å². The largest absolute Gasteiger partial charge is 0.465 e. The topological polar surface area (TPSA) is 55.4 Å². The highest BCUT2D eigenvalue weighted by Crippen LogP contribution is 2.36. The van der Waals surface area contributed by atoms with Crippen LogP contribution in [-0.2, 0) is 9.53 Å². The summed E-state index contributed by atoms with van der Waals surface area (Å²) >= 11 is 4.71. The summed E-state index contributed by atoms with van der Waals surface area (Å²) in [5.41, 5.74) is 2.04. The van der Waals surface area contributed by atoms with Crippen molar-refractivity contribution in [2.45, 2.75) is 13.8 Å². The summed E-state index contributed by atoms with van der Waals surface area (Å²) in [5, 5.41) is 5.17. The van der Waals surface area contributed by atoms with Crippen molar-refractivity contribution in [1.29, 1.82) is 0 Å². The lowest BCUT2D eigenvalue weighted by molar-refractivity contribution is -0.118. The molecule has 6 heteroatoms. The lowest BCUT2D eigenvalue weighted by Gasteiger charge is -2.09. The quantitative estimate of drug-likeness (QED) is 0.789. The van der Waals surface area contributed by atoms with Crippen LogP contribution in [0.4, 0.5) is 5.00 Å². The smallest absolute Gasteiger partial charge is 0.341 e. The minimum Gasteiger partial charge on any atom is -0.465 e. The van der Waals surface area contributed by atoms with E-state index in [1.807, 2.05) is 29.6 Å². The molecule has 0 unspecified atom stereocenters. The summed E-state index contributed by atoms with van der Waals surface area (Å²) < 4.78 is 5.83. The molecule has 1 N–H and O–H groups in total. The second kappa shape index (κ2) is 7.07. The number of carbonyl (C=O) groups excluding carboxylic acids is 2. The predicted octanol–water partition coefficient (Wildman–Crippen LogP) is 4.56. The Morgan fingerprint density at radius 1 is 1.23 bits per heavy atom. The highest BCUT2D eigenvalue weighted by atomic mass is 79.9. The number of hydrogen-bond donors (Lipinski definition) is 1. The van der Waals surface area contributed by atoms with Crippen LogP contribution in [0.25, 0.3) is 11.1 Å². The van der Waals surface area contributed by atoms with Gasteiger partial charge >= 0.3 is 5.97 Å². The fourth-order valence-corrected chi connectivity index (χ4v) is 3.08. The molecule has 0 bridgehead atoms. The van der Waals surface area contributed by atoms with Gasteiger partial charge in [-0.05, 0) is 17.7 Å². The molecular weight excluding hydrogens is 366 g/mol. The fourth-order valence-electron chi connectivity index (χ4n) is 1.85. The molecule has 116 valence electrons. The molecular formula is C16H16BrNO3S. The van der Waals surface area contributed by atoms with Crippen LogP contribution in [0.2, 0.25) is 0 Å². The SMILES string of the molecule is COC(=O)c1c(-c2ccc(Br)cc2)csc1NC(=O)C(C)C. The van der Waals surface area contributed by atoms with Crippen LogP contribution < -0.4 is 5.32 Å². The monoisotopic (exact) mass is 381 g/mol. The predicted molar refractivity (Wildman–Crippen MR) is 92.3 cm³/mol. The molecule has 2 aromatic rings. The molecule has 0 spiro atoms. The molecule has 0 fully saturated rings. The third kappa shape index (κ3) is 3.56. The number of amides is 1. The van der Waals surface area contributed by atoms with Gasteiger partial charge in [0.25, 0.3) is 0 Å². The van der Waals surface area contributed by atoms with Crippen molar-refractivity contribution in [3.05, 3.63) is 39.7 Å². The van der Waals surface area contributed by atoms with Crippen LogP contribution in [0, 0.1) is 5.92 Å². The third-order valence-electron chi connectivity index (χ3n) is 3.10. The van der Waals surface area contributed by atoms with Crippen LogP contribution in [0.1, 0.15) is 24.2 Å². The molecule has 0 saturated carbocycles. The second-order valence-electron chi connectivity index (χ2n) is 5.00. The van der Waals surface area contributed by atoms with E-state index in [0.717, 1.165) is 15.6 Å². The molecule has 0 atom stereocenters. The molecule has 2 rings (SSSR count). The molecule has 0 radical (unpaired) electrons. The molecule has 1 amide bonds. The van der Waals surface area contributed by atoms with Gasteiger partial charge in [0.15, 0.2) is 0 Å². The number of carbonyl (C=O) groups is 2. The first-order chi connectivity index (χ1) is 10.4. The normalized spacial score (nSPS) is 10.6. The first kappa shape index (κ1) is 16.7. The Bertz CT molecular complexity index is 692. The van der Waals surface area contributed by atoms with E-state index >= 15 is 0 Å². The average Bonchev–Trinajstić information content (AvgIpc) is 2.90. The van der Waals surface area contributed by atoms with Crippen LogP contribution in [-0.4, -0.2) is 19.0 Å². The molecule has 1 aromatic carbocycles. The van der Waals surface area contributed by atoms with Crippen LogP contribution in [0.3, 0.4) is 0 Å². The molecule has 0 aliphatic rings. The van der Waals surface area contributed by atoms with Gasteiger partial charge in [-0.3, -0.25) is 4.79 Å². The third-order valence-corrected chi connectivity index (χ3v) is 4.52. The highest BCUT2D eigenvalue weighted by molar-refractivity contribution is 9.10. The van der Waals surface area contributed by atoms with E-state index in [1.54, 1.807) is 13.8 Å². The standard InChI is InChI=1S/C16H16BrNO3S/c1-9(2)14(19)18-15-13(16(20)21-3)12(8-22-15)10-4-6-11(17)7-5-10/h4-9H,1-3H3,(H,18,19). The molecule has 22 heavy (non-hydrogen) atoms. The lowest BCUT2D eigenvalue weighted by Crippen LogP contribution is -2.18. The average molecular weight is 382 g/mol. The number of ether oxygens (including phenoxy) is 1. The Labute approximate surface area is 141 Å². The van der Waals surface area contributed by atoms with E-state index in [1.165, 1.54) is 18.4 Å². The second-order valence-corrected chi connectivity index (χ2v) is 6.79. The van der Waals surface area contributed by atoms with Gasteiger partial charge in [0.2, 0.25) is 5.91 Å². The number of methoxy groups -OCH3 is 1. The number of halogens is 1. The zero-order valence-electron chi connectivity index (χ0n) is 12.5. The number of anilines is 1. The van der Waals surface area contributed by atoms with Crippen molar-refractivity contribution in [2.24, 2.45) is 5.92 Å². The zero-order chi connectivity index (χ0) is 16.3. The van der Waals surface area contributed by atoms with Crippen molar-refractivity contribution in [1.82, 2.24) is 0 Å². The summed E-state index contributed by atoms with van der Waals surface area (Å²) in [4.78, 5) is 24.0. The maximum Gasteiger partial charge on any atom is 0.341 e. The van der Waals surface area contributed by atoms with E-state index in [9.17, 15) is 9.59 Å². The van der Waals surface area contributed by atoms with E-state index < -0.39 is 5.97 Å². The molecule has 0 aliphatic heterocycles. The highest BCUT2D eigenvalue weighted by Gasteiger charge is 2.22. The number of nitrogens with one attached hydrogen (secondary N) is 1. The van der Waals surface area contributed by atoms with Crippen molar-refractivity contribution in [3.63, 3.8) is 0 Å². The van der Waals surface area contributed by atoms with Gasteiger partial charge in [0.05, 0.1) is 7.11 Å². The molecule has 0 aliphatic carbocycles. The summed E-state index contributed by atoms with van der Waals surface area (Å²) in [6.07, 6.45) is 0. The number of hydrogen-bond acceptors (Lipinski definition) is 4. The van der Waals surface area contributed by atoms with Gasteiger partial charge < -0.3 is 10.1 Å². The first-order valence-corrected chi connectivity index (χ1v) is 8.38. The summed E-state index contributed by atoms with van der Waals surface area (Å²) in [6.45, 7) is 3.60. The molecule has 0 saturated heterocycles. The fraction of sp³-hybridized carbons (Fsp3) is 0.250.